The molecule has 1 saturated heterocycles. The van der Waals surface area contributed by atoms with Gasteiger partial charge in [-0.15, -0.1) is 0 Å². The van der Waals surface area contributed by atoms with E-state index in [0.717, 1.165) is 19.3 Å². The van der Waals surface area contributed by atoms with Crippen molar-refractivity contribution in [3.8, 4) is 0 Å². The van der Waals surface area contributed by atoms with Crippen LogP contribution in [-0.2, 0) is 11.3 Å². The van der Waals surface area contributed by atoms with Crippen LogP contribution in [0.1, 0.15) is 19.3 Å². The first-order chi connectivity index (χ1) is 5.25. The molecule has 0 bridgehead atoms. The second-order valence-electron chi connectivity index (χ2n) is 2.69. The number of hydrogen-bond donors (Lipinski definition) is 1. The Morgan fingerprint density at radius 1 is 1.64 bits per heavy atom. The lowest BCUT2D eigenvalue weighted by Gasteiger charge is -2.35. The lowest BCUT2D eigenvalue weighted by molar-refractivity contribution is 0.152. The zero-order valence-corrected chi connectivity index (χ0v) is 7.05. The van der Waals surface area contributed by atoms with Crippen molar-refractivity contribution >= 4 is 11.3 Å². The maximum absolute atomic E-state index is 10.5. The zero-order chi connectivity index (χ0) is 8.27. The van der Waals surface area contributed by atoms with E-state index < -0.39 is 11.3 Å². The first-order valence-corrected chi connectivity index (χ1v) is 4.75. The van der Waals surface area contributed by atoms with E-state index in [0.29, 0.717) is 6.54 Å². The molecule has 1 aliphatic rings. The molecule has 1 heterocycles. The molecule has 0 aromatic carbocycles. The van der Waals surface area contributed by atoms with Gasteiger partial charge in [0.05, 0.1) is 6.61 Å². The van der Waals surface area contributed by atoms with Crippen molar-refractivity contribution in [1.29, 1.82) is 0 Å². The topological polar surface area (TPSA) is 63.6 Å². The molecule has 2 atom stereocenters. The van der Waals surface area contributed by atoms with Crippen LogP contribution in [-0.4, -0.2) is 37.4 Å². The fraction of sp³-hybridized carbons (Fsp3) is 1.00. The van der Waals surface area contributed by atoms with Crippen molar-refractivity contribution in [2.75, 3.05) is 13.2 Å². The summed E-state index contributed by atoms with van der Waals surface area (Å²) in [6.07, 6.45) is 2.70. The van der Waals surface area contributed by atoms with Crippen LogP contribution in [0.15, 0.2) is 0 Å². The molecule has 0 amide bonds. The number of nitrogens with zero attached hydrogens (tertiary/aromatic N) is 1. The lowest BCUT2D eigenvalue weighted by Crippen LogP contribution is -2.42. The maximum atomic E-state index is 10.5. The molecule has 66 valence electrons. The van der Waals surface area contributed by atoms with E-state index in [2.05, 4.69) is 0 Å². The average Bonchev–Trinajstić information content (AvgIpc) is 2.04. The summed E-state index contributed by atoms with van der Waals surface area (Å²) in [4.78, 5) is 0. The molecule has 0 aliphatic carbocycles. The Balaban J connectivity index is 2.51. The summed E-state index contributed by atoms with van der Waals surface area (Å²) in [6.45, 7) is 0.495. The highest BCUT2D eigenvalue weighted by molar-refractivity contribution is 7.76. The molecule has 1 aliphatic heterocycles. The Morgan fingerprint density at radius 3 is 2.82 bits per heavy atom. The van der Waals surface area contributed by atoms with Crippen LogP contribution < -0.4 is 0 Å². The summed E-state index contributed by atoms with van der Waals surface area (Å²) in [6, 6.07) is -0.179. The second-order valence-corrected chi connectivity index (χ2v) is 3.59. The van der Waals surface area contributed by atoms with Crippen molar-refractivity contribution in [3.63, 3.8) is 0 Å². The summed E-state index contributed by atoms with van der Waals surface area (Å²) in [5.41, 5.74) is 0. The molecule has 1 fully saturated rings. The van der Waals surface area contributed by atoms with E-state index in [1.54, 1.807) is 0 Å². The molecule has 4 nitrogen and oxygen atoms in total. The normalized spacial score (nSPS) is 30.2. The van der Waals surface area contributed by atoms with Gasteiger partial charge in [-0.25, -0.2) is 4.31 Å². The number of hydrogen-bond acceptors (Lipinski definition) is 3. The van der Waals surface area contributed by atoms with E-state index in [-0.39, 0.29) is 12.6 Å². The predicted octanol–water partition coefficient (Wildman–Crippen LogP) is -0.373. The van der Waals surface area contributed by atoms with Gasteiger partial charge in [0, 0.05) is 23.9 Å². The van der Waals surface area contributed by atoms with Crippen molar-refractivity contribution in [2.24, 2.45) is 0 Å². The minimum absolute atomic E-state index is 0.0615. The summed E-state index contributed by atoms with van der Waals surface area (Å²) in [5.74, 6) is 0. The largest absolute Gasteiger partial charge is 0.760 e. The van der Waals surface area contributed by atoms with E-state index in [4.69, 9.17) is 5.11 Å². The second kappa shape index (κ2) is 4.15. The van der Waals surface area contributed by atoms with Gasteiger partial charge in [0.2, 0.25) is 0 Å². The standard InChI is InChI=1S/C6H13NO3S/c8-5-6-3-1-2-4-7(6)11(9)10/h6,8H,1-5H2,(H,9,10)/p-1. The smallest absolute Gasteiger partial charge is 0.0596 e. The SMILES string of the molecule is O=S([O-])N1CCCCC1CO. The van der Waals surface area contributed by atoms with Crippen LogP contribution in [0.3, 0.4) is 0 Å². The van der Waals surface area contributed by atoms with Gasteiger partial charge in [-0.1, -0.05) is 6.42 Å². The third-order valence-electron chi connectivity index (χ3n) is 1.98. The van der Waals surface area contributed by atoms with Gasteiger partial charge in [0.25, 0.3) is 0 Å². The van der Waals surface area contributed by atoms with Crippen LogP contribution in [0.4, 0.5) is 0 Å². The van der Waals surface area contributed by atoms with Crippen LogP contribution in [0.25, 0.3) is 0 Å². The third kappa shape index (κ3) is 2.23. The summed E-state index contributed by atoms with van der Waals surface area (Å²) < 4.78 is 22.4. The number of piperidine rings is 1. The average molecular weight is 178 g/mol. The molecule has 5 heteroatoms. The highest BCUT2D eigenvalue weighted by Gasteiger charge is 2.21. The highest BCUT2D eigenvalue weighted by atomic mass is 32.2. The van der Waals surface area contributed by atoms with Crippen molar-refractivity contribution in [2.45, 2.75) is 25.3 Å². The van der Waals surface area contributed by atoms with Crippen LogP contribution in [0, 0.1) is 0 Å². The predicted molar refractivity (Wildman–Crippen MR) is 40.4 cm³/mol. The molecule has 11 heavy (non-hydrogen) atoms. The van der Waals surface area contributed by atoms with Gasteiger partial charge in [0.1, 0.15) is 0 Å². The van der Waals surface area contributed by atoms with E-state index in [1.165, 1.54) is 4.31 Å². The molecule has 0 radical (unpaired) electrons. The van der Waals surface area contributed by atoms with Gasteiger partial charge < -0.3 is 9.66 Å². The minimum atomic E-state index is -2.16. The fourth-order valence-corrected chi connectivity index (χ4v) is 2.05. The Morgan fingerprint density at radius 2 is 2.36 bits per heavy atom. The van der Waals surface area contributed by atoms with Crippen LogP contribution in [0.5, 0.6) is 0 Å². The van der Waals surface area contributed by atoms with Crippen molar-refractivity contribution in [1.82, 2.24) is 4.31 Å². The lowest BCUT2D eigenvalue weighted by atomic mass is 10.1. The van der Waals surface area contributed by atoms with E-state index in [9.17, 15) is 8.76 Å². The Labute approximate surface area is 68.6 Å². The first-order valence-electron chi connectivity index (χ1n) is 3.72. The maximum Gasteiger partial charge on any atom is 0.0596 e. The van der Waals surface area contributed by atoms with Crippen molar-refractivity contribution < 1.29 is 13.9 Å². The molecule has 0 aromatic heterocycles. The fourth-order valence-electron chi connectivity index (χ4n) is 1.35. The van der Waals surface area contributed by atoms with Gasteiger partial charge in [-0.05, 0) is 12.8 Å². The third-order valence-corrected chi connectivity index (χ3v) is 2.84. The minimum Gasteiger partial charge on any atom is -0.760 e. The summed E-state index contributed by atoms with van der Waals surface area (Å²) >= 11 is -2.16. The molecule has 0 aromatic rings. The molecular weight excluding hydrogens is 166 g/mol. The van der Waals surface area contributed by atoms with E-state index in [1.807, 2.05) is 0 Å². The van der Waals surface area contributed by atoms with Crippen molar-refractivity contribution in [3.05, 3.63) is 0 Å². The zero-order valence-electron chi connectivity index (χ0n) is 6.23. The molecular formula is C6H12NO3S-. The Bertz CT molecular complexity index is 153. The number of aliphatic hydroxyl groups excluding tert-OH is 1. The highest BCUT2D eigenvalue weighted by Crippen LogP contribution is 2.16. The van der Waals surface area contributed by atoms with Gasteiger partial charge >= 0.3 is 0 Å². The van der Waals surface area contributed by atoms with Gasteiger partial charge in [-0.2, -0.15) is 0 Å². The van der Waals surface area contributed by atoms with Crippen LogP contribution in [0.2, 0.25) is 0 Å². The van der Waals surface area contributed by atoms with E-state index >= 15 is 0 Å². The molecule has 0 spiro atoms. The van der Waals surface area contributed by atoms with Gasteiger partial charge in [0.15, 0.2) is 0 Å². The Kier molecular flexibility index (Phi) is 3.45. The van der Waals surface area contributed by atoms with Gasteiger partial charge in [-0.3, -0.25) is 4.21 Å². The summed E-state index contributed by atoms with van der Waals surface area (Å²) in [5, 5.41) is 8.80. The van der Waals surface area contributed by atoms with Crippen LogP contribution >= 0.6 is 0 Å². The molecule has 1 N–H and O–H groups in total. The summed E-state index contributed by atoms with van der Waals surface area (Å²) in [7, 11) is 0. The molecule has 1 rings (SSSR count). The Hall–Kier alpha value is 0.0300. The quantitative estimate of drug-likeness (QED) is 0.587. The number of aliphatic hydroxyl groups is 1. The first kappa shape index (κ1) is 9.12. The number of rotatable bonds is 2. The molecule has 0 saturated carbocycles. The monoisotopic (exact) mass is 178 g/mol. The molecule has 2 unspecified atom stereocenters.